The van der Waals surface area contributed by atoms with Crippen LogP contribution in [0.25, 0.3) is 0 Å². The number of nitrogens with one attached hydrogen (secondary N) is 1. The van der Waals surface area contributed by atoms with Gasteiger partial charge in [-0.15, -0.1) is 11.3 Å². The van der Waals surface area contributed by atoms with Gasteiger partial charge in [-0.1, -0.05) is 71.0 Å². The lowest BCUT2D eigenvalue weighted by Crippen LogP contribution is -2.48. The number of benzene rings is 1. The van der Waals surface area contributed by atoms with E-state index in [1.165, 1.54) is 18.3 Å². The lowest BCUT2D eigenvalue weighted by molar-refractivity contribution is -0.227. The molecule has 1 aromatic heterocycles. The van der Waals surface area contributed by atoms with Crippen LogP contribution in [-0.2, 0) is 39.8 Å². The molecule has 3 heterocycles. The minimum Gasteiger partial charge on any atom is -0.457 e. The van der Waals surface area contributed by atoms with Gasteiger partial charge in [0.1, 0.15) is 22.4 Å². The Morgan fingerprint density at radius 1 is 1.09 bits per heavy atom. The summed E-state index contributed by atoms with van der Waals surface area (Å²) in [5.74, 6) is -3.68. The van der Waals surface area contributed by atoms with Crippen LogP contribution < -0.4 is 5.32 Å². The number of cyclic esters (lactones) is 1. The van der Waals surface area contributed by atoms with Gasteiger partial charge in [-0.25, -0.2) is 4.98 Å². The van der Waals surface area contributed by atoms with Crippen molar-refractivity contribution in [1.82, 2.24) is 20.1 Å². The van der Waals surface area contributed by atoms with Crippen LogP contribution >= 0.6 is 11.3 Å². The zero-order valence-corrected chi connectivity index (χ0v) is 34.8. The predicted octanol–water partition coefficient (Wildman–Crippen LogP) is 6.51. The molecule has 6 atom stereocenters. The number of ether oxygens (including phenoxy) is 3. The van der Waals surface area contributed by atoms with Gasteiger partial charge in [0.05, 0.1) is 6.04 Å². The third kappa shape index (κ3) is 11.9. The molecular weight excluding hydrogens is 721 g/mol. The Bertz CT molecular complexity index is 1650. The van der Waals surface area contributed by atoms with E-state index in [-0.39, 0.29) is 66.3 Å². The average Bonchev–Trinajstić information content (AvgIpc) is 3.60. The highest BCUT2D eigenvalue weighted by Gasteiger charge is 2.41. The maximum atomic E-state index is 14.2. The van der Waals surface area contributed by atoms with Gasteiger partial charge in [0.15, 0.2) is 11.9 Å². The fourth-order valence-electron chi connectivity index (χ4n) is 7.62. The number of nitrogens with zero attached hydrogens (tertiary/aromatic N) is 3. The number of hydrogen-bond donors (Lipinski definition) is 1. The highest BCUT2D eigenvalue weighted by Crippen LogP contribution is 2.34. The summed E-state index contributed by atoms with van der Waals surface area (Å²) in [6.45, 7) is 17.4. The molecule has 2 amide bonds. The predicted molar refractivity (Wildman–Crippen MR) is 211 cm³/mol. The number of carbonyl (C=O) groups is 5. The Morgan fingerprint density at radius 2 is 1.78 bits per heavy atom. The maximum absolute atomic E-state index is 14.2. The van der Waals surface area contributed by atoms with E-state index in [9.17, 15) is 24.0 Å². The number of likely N-dealkylation sites (tertiary alicyclic amines) is 1. The summed E-state index contributed by atoms with van der Waals surface area (Å²) in [4.78, 5) is 75.2. The molecule has 0 aliphatic carbocycles. The van der Waals surface area contributed by atoms with Crippen LogP contribution in [0.2, 0.25) is 0 Å². The van der Waals surface area contributed by atoms with Gasteiger partial charge in [-0.3, -0.25) is 28.9 Å². The number of thiazole rings is 1. The highest BCUT2D eigenvalue weighted by atomic mass is 32.1. The summed E-state index contributed by atoms with van der Waals surface area (Å²) in [7, 11) is 3.73. The molecule has 302 valence electrons. The number of piperidine rings is 1. The van der Waals surface area contributed by atoms with Crippen LogP contribution in [0.3, 0.4) is 0 Å². The molecule has 55 heavy (non-hydrogen) atoms. The number of rotatable bonds is 17. The summed E-state index contributed by atoms with van der Waals surface area (Å²) in [6.07, 6.45) is 3.09. The van der Waals surface area contributed by atoms with Crippen molar-refractivity contribution in [2.75, 3.05) is 20.6 Å². The van der Waals surface area contributed by atoms with Crippen molar-refractivity contribution in [1.29, 1.82) is 0 Å². The first-order chi connectivity index (χ1) is 25.9. The second-order valence-electron chi connectivity index (χ2n) is 16.2. The van der Waals surface area contributed by atoms with Gasteiger partial charge in [0.25, 0.3) is 5.91 Å². The van der Waals surface area contributed by atoms with Gasteiger partial charge in [0, 0.05) is 64.0 Å². The fourth-order valence-corrected chi connectivity index (χ4v) is 8.46. The molecule has 4 rings (SSSR count). The molecular formula is C42H60N4O8S. The summed E-state index contributed by atoms with van der Waals surface area (Å²) in [5, 5.41) is 5.08. The smallest absolute Gasteiger partial charge is 0.319 e. The molecule has 0 bridgehead atoms. The number of hydrogen-bond acceptors (Lipinski definition) is 11. The molecule has 0 saturated carbocycles. The van der Waals surface area contributed by atoms with E-state index < -0.39 is 47.6 Å². The number of aromatic nitrogens is 1. The summed E-state index contributed by atoms with van der Waals surface area (Å²) in [6, 6.07) is 8.57. The lowest BCUT2D eigenvalue weighted by Gasteiger charge is -2.37. The normalized spacial score (nSPS) is 20.9. The SMILES string of the molecule is C=C1OC(C)(C)OC(=O)C1C[C@H](Cc1ccccc1)NC(=O)c1csc([C@@H](C[C@H](C(C)C)N(C)C(=O)[C@@H](CC(=O)[C@H]2CCCCN2C)C(C)C)OC(C)=O)n1. The van der Waals surface area contributed by atoms with Gasteiger partial charge in [-0.05, 0) is 56.7 Å². The minimum absolute atomic E-state index is 0.0303. The molecule has 0 spiro atoms. The van der Waals surface area contributed by atoms with E-state index in [0.717, 1.165) is 31.4 Å². The Kier molecular flexibility index (Phi) is 15.2. The lowest BCUT2D eigenvalue weighted by atomic mass is 9.84. The first-order valence-electron chi connectivity index (χ1n) is 19.4. The van der Waals surface area contributed by atoms with Gasteiger partial charge in [-0.2, -0.15) is 0 Å². The largest absolute Gasteiger partial charge is 0.457 e. The van der Waals surface area contributed by atoms with E-state index >= 15 is 0 Å². The first-order valence-corrected chi connectivity index (χ1v) is 20.3. The van der Waals surface area contributed by atoms with Crippen molar-refractivity contribution >= 4 is 40.9 Å². The van der Waals surface area contributed by atoms with Crippen molar-refractivity contribution in [2.24, 2.45) is 23.7 Å². The van der Waals surface area contributed by atoms with Crippen molar-refractivity contribution < 1.29 is 38.2 Å². The summed E-state index contributed by atoms with van der Waals surface area (Å²) < 4.78 is 17.1. The maximum Gasteiger partial charge on any atom is 0.319 e. The van der Waals surface area contributed by atoms with Crippen LogP contribution in [0.1, 0.15) is 114 Å². The molecule has 1 N–H and O–H groups in total. The number of ketones is 1. The van der Waals surface area contributed by atoms with E-state index in [2.05, 4.69) is 21.8 Å². The fraction of sp³-hybridized carbons (Fsp3) is 0.619. The number of Topliss-reactive ketones (excluding diaryl/α,β-unsaturated/α-hetero) is 1. The number of amides is 2. The van der Waals surface area contributed by atoms with Gasteiger partial charge >= 0.3 is 11.9 Å². The Hall–Kier alpha value is -4.10. The van der Waals surface area contributed by atoms with E-state index in [1.54, 1.807) is 31.2 Å². The summed E-state index contributed by atoms with van der Waals surface area (Å²) >= 11 is 1.19. The van der Waals surface area contributed by atoms with E-state index in [0.29, 0.717) is 11.4 Å². The second kappa shape index (κ2) is 19.2. The zero-order chi connectivity index (χ0) is 40.6. The van der Waals surface area contributed by atoms with Gasteiger partial charge in [0.2, 0.25) is 11.7 Å². The monoisotopic (exact) mass is 780 g/mol. The van der Waals surface area contributed by atoms with Gasteiger partial charge < -0.3 is 24.4 Å². The van der Waals surface area contributed by atoms with Crippen molar-refractivity contribution in [3.63, 3.8) is 0 Å². The molecule has 2 saturated heterocycles. The molecule has 12 nitrogen and oxygen atoms in total. The van der Waals surface area contributed by atoms with Crippen LogP contribution in [0.5, 0.6) is 0 Å². The number of carbonyl (C=O) groups excluding carboxylic acids is 5. The van der Waals surface area contributed by atoms with Crippen LogP contribution in [-0.4, -0.2) is 88.9 Å². The molecule has 13 heteroatoms. The average molecular weight is 781 g/mol. The Labute approximate surface area is 330 Å². The van der Waals surface area contributed by atoms with Crippen LogP contribution in [0, 0.1) is 23.7 Å². The molecule has 2 aromatic rings. The Morgan fingerprint density at radius 3 is 2.38 bits per heavy atom. The van der Waals surface area contributed by atoms with Crippen LogP contribution in [0.4, 0.5) is 0 Å². The number of esters is 2. The van der Waals surface area contributed by atoms with E-state index in [4.69, 9.17) is 14.2 Å². The highest BCUT2D eigenvalue weighted by molar-refractivity contribution is 7.09. The van der Waals surface area contributed by atoms with Crippen molar-refractivity contribution in [2.45, 2.75) is 123 Å². The second-order valence-corrected chi connectivity index (χ2v) is 17.1. The quantitative estimate of drug-likeness (QED) is 0.177. The molecule has 1 aromatic carbocycles. The number of likely N-dealkylation sites (N-methyl/N-ethyl adjacent to an activating group) is 1. The van der Waals surface area contributed by atoms with Crippen LogP contribution in [0.15, 0.2) is 48.0 Å². The third-order valence-electron chi connectivity index (χ3n) is 10.7. The van der Waals surface area contributed by atoms with E-state index in [1.807, 2.05) is 65.1 Å². The zero-order valence-electron chi connectivity index (χ0n) is 34.0. The molecule has 2 aliphatic rings. The standard InChI is InChI=1S/C42H60N4O8S/c1-25(2)31(22-36(48)34-18-14-15-19-45(34)9)40(50)46(10)35(26(3)4)23-37(52-28(6)47)39-44-33(24-55-39)38(49)43-30(20-29-16-12-11-13-17-29)21-32-27(5)53-42(7,8)54-41(32)51/h11-13,16-17,24-26,30-32,34-35,37H,5,14-15,18-23H2,1-4,6-10H3,(H,43,49)/t30-,31-,32?,34+,35+,37+/m0/s1. The first kappa shape index (κ1) is 43.6. The molecule has 0 radical (unpaired) electrons. The third-order valence-corrected chi connectivity index (χ3v) is 11.6. The van der Waals surface area contributed by atoms with Crippen molar-refractivity contribution in [3.8, 4) is 0 Å². The molecule has 1 unspecified atom stereocenters. The summed E-state index contributed by atoms with van der Waals surface area (Å²) in [5.41, 5.74) is 1.09. The topological polar surface area (TPSA) is 144 Å². The Balaban J connectivity index is 1.51. The molecule has 2 aliphatic heterocycles. The molecule has 2 fully saturated rings. The minimum atomic E-state index is -1.13. The van der Waals surface area contributed by atoms with Crippen molar-refractivity contribution in [3.05, 3.63) is 64.3 Å².